The third-order valence-electron chi connectivity index (χ3n) is 4.71. The van der Waals surface area contributed by atoms with Gasteiger partial charge in [0.05, 0.1) is 24.0 Å². The van der Waals surface area contributed by atoms with E-state index in [1.165, 1.54) is 7.11 Å². The van der Waals surface area contributed by atoms with E-state index in [0.29, 0.717) is 33.2 Å². The fourth-order valence-corrected chi connectivity index (χ4v) is 3.58. The highest BCUT2D eigenvalue weighted by atomic mass is 35.5. The van der Waals surface area contributed by atoms with Crippen LogP contribution in [0.5, 0.6) is 0 Å². The number of rotatable bonds is 4. The number of halogens is 1. The number of H-pyrrole nitrogens is 1. The van der Waals surface area contributed by atoms with E-state index in [0.717, 1.165) is 31.6 Å². The monoisotopic (exact) mass is 375 g/mol. The molecule has 1 aliphatic rings. The van der Waals surface area contributed by atoms with Crippen LogP contribution < -0.4 is 10.2 Å². The number of nitrogens with one attached hydrogen (secondary N) is 2. The predicted molar refractivity (Wildman–Crippen MR) is 102 cm³/mol. The Bertz CT molecular complexity index is 854. The lowest BCUT2D eigenvalue weighted by atomic mass is 10.1. The van der Waals surface area contributed by atoms with Crippen LogP contribution in [0.3, 0.4) is 0 Å². The van der Waals surface area contributed by atoms with Crippen LogP contribution in [0.25, 0.3) is 0 Å². The zero-order valence-corrected chi connectivity index (χ0v) is 15.9. The minimum atomic E-state index is -0.462. The van der Waals surface area contributed by atoms with Gasteiger partial charge in [-0.2, -0.15) is 0 Å². The van der Waals surface area contributed by atoms with E-state index in [-0.39, 0.29) is 5.91 Å². The maximum absolute atomic E-state index is 12.8. The second kappa shape index (κ2) is 7.41. The highest BCUT2D eigenvalue weighted by Crippen LogP contribution is 2.32. The van der Waals surface area contributed by atoms with Gasteiger partial charge in [0.25, 0.3) is 5.91 Å². The molecule has 3 rings (SSSR count). The quantitative estimate of drug-likeness (QED) is 0.794. The lowest BCUT2D eigenvalue weighted by molar-refractivity contribution is 0.0599. The van der Waals surface area contributed by atoms with Crippen molar-refractivity contribution in [2.24, 2.45) is 0 Å². The summed E-state index contributed by atoms with van der Waals surface area (Å²) in [6.07, 6.45) is 2.26. The van der Waals surface area contributed by atoms with Gasteiger partial charge in [0, 0.05) is 23.8 Å². The standard InChI is InChI=1S/C19H22ClN3O3/c1-11-16(19(25)26-3)12(2)21-17(11)18(24)22-14-10-13(20)6-7-15(14)23-8-4-5-9-23/h6-7,10,21H,4-5,8-9H2,1-3H3,(H,22,24). The third kappa shape index (κ3) is 3.42. The van der Waals surface area contributed by atoms with Crippen LogP contribution in [0, 0.1) is 13.8 Å². The van der Waals surface area contributed by atoms with E-state index in [2.05, 4.69) is 15.2 Å². The summed E-state index contributed by atoms with van der Waals surface area (Å²) in [6, 6.07) is 5.50. The largest absolute Gasteiger partial charge is 0.465 e. The molecule has 6 nitrogen and oxygen atoms in total. The fourth-order valence-electron chi connectivity index (χ4n) is 3.41. The number of benzene rings is 1. The summed E-state index contributed by atoms with van der Waals surface area (Å²) >= 11 is 6.14. The molecule has 1 aromatic heterocycles. The van der Waals surface area contributed by atoms with Gasteiger partial charge in [0.1, 0.15) is 5.69 Å². The molecule has 1 fully saturated rings. The molecular weight excluding hydrogens is 354 g/mol. The molecule has 2 N–H and O–H groups in total. The lowest BCUT2D eigenvalue weighted by Crippen LogP contribution is -2.21. The normalized spacial score (nSPS) is 13.8. The Morgan fingerprint density at radius 3 is 2.58 bits per heavy atom. The fraction of sp³-hybridized carbons (Fsp3) is 0.368. The Balaban J connectivity index is 1.91. The summed E-state index contributed by atoms with van der Waals surface area (Å²) in [6.45, 7) is 5.38. The van der Waals surface area contributed by atoms with Gasteiger partial charge in [0.15, 0.2) is 0 Å². The van der Waals surface area contributed by atoms with E-state index in [1.54, 1.807) is 19.9 Å². The van der Waals surface area contributed by atoms with E-state index >= 15 is 0 Å². The smallest absolute Gasteiger partial charge is 0.339 e. The Hall–Kier alpha value is -2.47. The highest BCUT2D eigenvalue weighted by molar-refractivity contribution is 6.31. The van der Waals surface area contributed by atoms with Crippen LogP contribution in [0.1, 0.15) is 44.9 Å². The van der Waals surface area contributed by atoms with Crippen molar-refractivity contribution >= 4 is 34.9 Å². The molecule has 2 heterocycles. The molecule has 138 valence electrons. The van der Waals surface area contributed by atoms with E-state index in [9.17, 15) is 9.59 Å². The first kappa shape index (κ1) is 18.3. The first-order valence-corrected chi connectivity index (χ1v) is 8.93. The van der Waals surface area contributed by atoms with Gasteiger partial charge in [-0.1, -0.05) is 11.6 Å². The third-order valence-corrected chi connectivity index (χ3v) is 4.94. The summed E-state index contributed by atoms with van der Waals surface area (Å²) in [5.41, 5.74) is 3.52. The predicted octanol–water partition coefficient (Wildman–Crippen LogP) is 3.92. The molecular formula is C19H22ClN3O3. The number of carbonyl (C=O) groups is 2. The molecule has 1 aromatic carbocycles. The van der Waals surface area contributed by atoms with Gasteiger partial charge in [-0.25, -0.2) is 4.79 Å². The first-order chi connectivity index (χ1) is 12.4. The van der Waals surface area contributed by atoms with Crippen molar-refractivity contribution < 1.29 is 14.3 Å². The summed E-state index contributed by atoms with van der Waals surface area (Å²) in [5.74, 6) is -0.778. The molecule has 0 unspecified atom stereocenters. The number of nitrogens with zero attached hydrogens (tertiary/aromatic N) is 1. The van der Waals surface area contributed by atoms with E-state index in [4.69, 9.17) is 16.3 Å². The molecule has 0 aliphatic carbocycles. The van der Waals surface area contributed by atoms with Crippen molar-refractivity contribution in [2.75, 3.05) is 30.4 Å². The second-order valence-corrected chi connectivity index (χ2v) is 6.86. The molecule has 0 spiro atoms. The van der Waals surface area contributed by atoms with Crippen molar-refractivity contribution in [1.82, 2.24) is 4.98 Å². The van der Waals surface area contributed by atoms with Crippen molar-refractivity contribution in [2.45, 2.75) is 26.7 Å². The van der Waals surface area contributed by atoms with Gasteiger partial charge in [-0.05, 0) is 50.5 Å². The van der Waals surface area contributed by atoms with Crippen molar-refractivity contribution in [1.29, 1.82) is 0 Å². The van der Waals surface area contributed by atoms with Crippen LogP contribution in [0.4, 0.5) is 11.4 Å². The van der Waals surface area contributed by atoms with Crippen LogP contribution >= 0.6 is 11.6 Å². The minimum absolute atomic E-state index is 0.316. The summed E-state index contributed by atoms with van der Waals surface area (Å²) < 4.78 is 4.80. The topological polar surface area (TPSA) is 74.4 Å². The highest BCUT2D eigenvalue weighted by Gasteiger charge is 2.24. The Morgan fingerprint density at radius 2 is 1.92 bits per heavy atom. The minimum Gasteiger partial charge on any atom is -0.465 e. The Morgan fingerprint density at radius 1 is 1.23 bits per heavy atom. The lowest BCUT2D eigenvalue weighted by Gasteiger charge is -2.21. The maximum Gasteiger partial charge on any atom is 0.339 e. The molecule has 26 heavy (non-hydrogen) atoms. The Labute approximate surface area is 157 Å². The molecule has 2 aromatic rings. The number of amides is 1. The van der Waals surface area contributed by atoms with Crippen LogP contribution in [0.2, 0.25) is 5.02 Å². The first-order valence-electron chi connectivity index (χ1n) is 8.55. The number of anilines is 2. The van der Waals surface area contributed by atoms with Crippen molar-refractivity contribution in [3.63, 3.8) is 0 Å². The number of aromatic nitrogens is 1. The van der Waals surface area contributed by atoms with Crippen molar-refractivity contribution in [3.8, 4) is 0 Å². The Kier molecular flexibility index (Phi) is 5.23. The molecule has 0 radical (unpaired) electrons. The van der Waals surface area contributed by atoms with Crippen molar-refractivity contribution in [3.05, 3.63) is 45.7 Å². The molecule has 1 saturated heterocycles. The zero-order chi connectivity index (χ0) is 18.8. The van der Waals surface area contributed by atoms with Crippen LogP contribution in [-0.4, -0.2) is 37.1 Å². The second-order valence-electron chi connectivity index (χ2n) is 6.43. The molecule has 1 amide bonds. The van der Waals surface area contributed by atoms with E-state index < -0.39 is 5.97 Å². The van der Waals surface area contributed by atoms with Crippen LogP contribution in [0.15, 0.2) is 18.2 Å². The number of aryl methyl sites for hydroxylation is 1. The van der Waals surface area contributed by atoms with Gasteiger partial charge >= 0.3 is 5.97 Å². The number of aromatic amines is 1. The number of ether oxygens (including phenoxy) is 1. The molecule has 7 heteroatoms. The van der Waals surface area contributed by atoms with Gasteiger partial charge in [-0.3, -0.25) is 4.79 Å². The summed E-state index contributed by atoms with van der Waals surface area (Å²) in [5, 5.41) is 3.49. The molecule has 1 aliphatic heterocycles. The van der Waals surface area contributed by atoms with Gasteiger partial charge < -0.3 is 19.9 Å². The average Bonchev–Trinajstić information content (AvgIpc) is 3.23. The zero-order valence-electron chi connectivity index (χ0n) is 15.1. The average molecular weight is 376 g/mol. The molecule has 0 atom stereocenters. The maximum atomic E-state index is 12.8. The molecule has 0 saturated carbocycles. The molecule has 0 bridgehead atoms. The number of carbonyl (C=O) groups excluding carboxylic acids is 2. The van der Waals surface area contributed by atoms with E-state index in [1.807, 2.05) is 12.1 Å². The number of esters is 1. The number of methoxy groups -OCH3 is 1. The SMILES string of the molecule is COC(=O)c1c(C)[nH]c(C(=O)Nc2cc(Cl)ccc2N2CCCC2)c1C. The van der Waals surface area contributed by atoms with Gasteiger partial charge in [-0.15, -0.1) is 0 Å². The van der Waals surface area contributed by atoms with Gasteiger partial charge in [0.2, 0.25) is 0 Å². The van der Waals surface area contributed by atoms with Crippen LogP contribution in [-0.2, 0) is 4.74 Å². The summed E-state index contributed by atoms with van der Waals surface area (Å²) in [7, 11) is 1.32. The number of hydrogen-bond acceptors (Lipinski definition) is 4. The number of hydrogen-bond donors (Lipinski definition) is 2. The summed E-state index contributed by atoms with van der Waals surface area (Å²) in [4.78, 5) is 30.0.